The lowest BCUT2D eigenvalue weighted by Crippen LogP contribution is -2.30. The van der Waals surface area contributed by atoms with E-state index in [0.717, 1.165) is 17.0 Å². The number of aryl methyl sites for hydroxylation is 2. The zero-order valence-corrected chi connectivity index (χ0v) is 13.7. The normalized spacial score (nSPS) is 12.0. The van der Waals surface area contributed by atoms with Crippen molar-refractivity contribution in [2.45, 2.75) is 26.3 Å². The summed E-state index contributed by atoms with van der Waals surface area (Å²) in [7, 11) is 0. The van der Waals surface area contributed by atoms with E-state index >= 15 is 0 Å². The smallest absolute Gasteiger partial charge is 0.253 e. The van der Waals surface area contributed by atoms with E-state index in [9.17, 15) is 4.79 Å². The Kier molecular flexibility index (Phi) is 5.44. The van der Waals surface area contributed by atoms with Crippen LogP contribution >= 0.6 is 15.9 Å². The second kappa shape index (κ2) is 7.31. The number of carbonyl (C=O) groups excluding carboxylic acids is 1. The average molecular weight is 348 g/mol. The van der Waals surface area contributed by atoms with Crippen LogP contribution < -0.4 is 5.32 Å². The van der Waals surface area contributed by atoms with Gasteiger partial charge in [0.15, 0.2) is 0 Å². The molecule has 0 aliphatic rings. The molecule has 21 heavy (non-hydrogen) atoms. The molecule has 0 aliphatic carbocycles. The number of alkyl halides is 1. The van der Waals surface area contributed by atoms with Crippen molar-refractivity contribution in [3.05, 3.63) is 58.9 Å². The van der Waals surface area contributed by atoms with Crippen LogP contribution in [0.4, 0.5) is 0 Å². The van der Waals surface area contributed by atoms with Gasteiger partial charge < -0.3 is 5.32 Å². The third kappa shape index (κ3) is 3.88. The third-order valence-electron chi connectivity index (χ3n) is 3.23. The van der Waals surface area contributed by atoms with E-state index in [4.69, 9.17) is 0 Å². The van der Waals surface area contributed by atoms with Crippen LogP contribution in [0.5, 0.6) is 0 Å². The van der Waals surface area contributed by atoms with Crippen LogP contribution in [0, 0.1) is 6.92 Å². The number of benzene rings is 1. The highest BCUT2D eigenvalue weighted by atomic mass is 79.9. The molecule has 0 spiro atoms. The van der Waals surface area contributed by atoms with Gasteiger partial charge in [0.05, 0.1) is 23.0 Å². The van der Waals surface area contributed by atoms with Gasteiger partial charge in [-0.1, -0.05) is 53.2 Å². The molecule has 1 N–H and O–H groups in total. The summed E-state index contributed by atoms with van der Waals surface area (Å²) < 4.78 is 0. The van der Waals surface area contributed by atoms with Gasteiger partial charge in [-0.2, -0.15) is 10.2 Å². The minimum atomic E-state index is -0.113. The van der Waals surface area contributed by atoms with Crippen molar-refractivity contribution in [1.82, 2.24) is 15.5 Å². The minimum absolute atomic E-state index is 0.0723. The summed E-state index contributed by atoms with van der Waals surface area (Å²) in [5, 5.41) is 11.8. The van der Waals surface area contributed by atoms with Crippen molar-refractivity contribution in [2.24, 2.45) is 0 Å². The number of nitrogens with zero attached hydrogens (tertiary/aromatic N) is 2. The molecule has 2 rings (SSSR count). The van der Waals surface area contributed by atoms with Gasteiger partial charge in [0, 0.05) is 5.33 Å². The Morgan fingerprint density at radius 1 is 1.29 bits per heavy atom. The predicted octanol–water partition coefficient (Wildman–Crippen LogP) is 3.21. The topological polar surface area (TPSA) is 54.9 Å². The number of rotatable bonds is 5. The van der Waals surface area contributed by atoms with Gasteiger partial charge in [0.2, 0.25) is 0 Å². The van der Waals surface area contributed by atoms with Crippen LogP contribution in [0.3, 0.4) is 0 Å². The first-order valence-corrected chi connectivity index (χ1v) is 8.02. The zero-order chi connectivity index (χ0) is 15.2. The molecule has 1 unspecified atom stereocenters. The molecule has 1 atom stereocenters. The van der Waals surface area contributed by atoms with Gasteiger partial charge in [-0.25, -0.2) is 0 Å². The Balaban J connectivity index is 2.22. The third-order valence-corrected chi connectivity index (χ3v) is 3.88. The SMILES string of the molecule is CCc1nnc(C)cc1C(=O)NC(CBr)c1ccccc1. The largest absolute Gasteiger partial charge is 0.344 e. The number of nitrogens with one attached hydrogen (secondary N) is 1. The molecule has 0 aliphatic heterocycles. The van der Waals surface area contributed by atoms with E-state index in [2.05, 4.69) is 31.4 Å². The van der Waals surface area contributed by atoms with E-state index in [1.54, 1.807) is 6.07 Å². The summed E-state index contributed by atoms with van der Waals surface area (Å²) in [6.45, 7) is 3.80. The van der Waals surface area contributed by atoms with E-state index in [1.165, 1.54) is 0 Å². The molecular formula is C16H18BrN3O. The van der Waals surface area contributed by atoms with E-state index in [1.807, 2.05) is 44.2 Å². The van der Waals surface area contributed by atoms with Crippen LogP contribution in [0.15, 0.2) is 36.4 Å². The fraction of sp³-hybridized carbons (Fsp3) is 0.312. The number of hydrogen-bond acceptors (Lipinski definition) is 3. The Labute approximate surface area is 133 Å². The summed E-state index contributed by atoms with van der Waals surface area (Å²) in [5.41, 5.74) is 3.14. The summed E-state index contributed by atoms with van der Waals surface area (Å²) in [6, 6.07) is 11.6. The standard InChI is InChI=1S/C16H18BrN3O/c1-3-14-13(9-11(2)19-20-14)16(21)18-15(10-17)12-7-5-4-6-8-12/h4-9,15H,3,10H2,1-2H3,(H,18,21). The first kappa shape index (κ1) is 15.6. The van der Waals surface area contributed by atoms with Gasteiger partial charge in [0.25, 0.3) is 5.91 Å². The van der Waals surface area contributed by atoms with Crippen molar-refractivity contribution >= 4 is 21.8 Å². The number of hydrogen-bond donors (Lipinski definition) is 1. The fourth-order valence-electron chi connectivity index (χ4n) is 2.10. The maximum Gasteiger partial charge on any atom is 0.253 e. The molecule has 0 saturated heterocycles. The van der Waals surface area contributed by atoms with Gasteiger partial charge >= 0.3 is 0 Å². The number of aromatic nitrogens is 2. The lowest BCUT2D eigenvalue weighted by Gasteiger charge is -2.17. The number of amides is 1. The van der Waals surface area contributed by atoms with Crippen LogP contribution in [0.2, 0.25) is 0 Å². The first-order valence-electron chi connectivity index (χ1n) is 6.90. The quantitative estimate of drug-likeness (QED) is 0.845. The summed E-state index contributed by atoms with van der Waals surface area (Å²) in [4.78, 5) is 12.5. The van der Waals surface area contributed by atoms with Gasteiger partial charge in [-0.05, 0) is 25.0 Å². The molecule has 4 nitrogen and oxygen atoms in total. The number of halogens is 1. The monoisotopic (exact) mass is 347 g/mol. The highest BCUT2D eigenvalue weighted by molar-refractivity contribution is 9.09. The van der Waals surface area contributed by atoms with Gasteiger partial charge in [-0.15, -0.1) is 0 Å². The van der Waals surface area contributed by atoms with Crippen molar-refractivity contribution in [3.8, 4) is 0 Å². The molecule has 2 aromatic rings. The van der Waals surface area contributed by atoms with E-state index in [0.29, 0.717) is 17.3 Å². The van der Waals surface area contributed by atoms with Crippen LogP contribution in [0.1, 0.15) is 40.3 Å². The summed E-state index contributed by atoms with van der Waals surface area (Å²) in [5.74, 6) is -0.113. The van der Waals surface area contributed by atoms with Crippen molar-refractivity contribution in [2.75, 3.05) is 5.33 Å². The highest BCUT2D eigenvalue weighted by Gasteiger charge is 2.17. The van der Waals surface area contributed by atoms with Crippen molar-refractivity contribution in [1.29, 1.82) is 0 Å². The zero-order valence-electron chi connectivity index (χ0n) is 12.1. The minimum Gasteiger partial charge on any atom is -0.344 e. The maximum atomic E-state index is 12.5. The van der Waals surface area contributed by atoms with E-state index < -0.39 is 0 Å². The van der Waals surface area contributed by atoms with Crippen LogP contribution in [0.25, 0.3) is 0 Å². The molecule has 0 bridgehead atoms. The molecule has 0 saturated carbocycles. The van der Waals surface area contributed by atoms with Crippen LogP contribution in [-0.4, -0.2) is 21.4 Å². The highest BCUT2D eigenvalue weighted by Crippen LogP contribution is 2.17. The fourth-order valence-corrected chi connectivity index (χ4v) is 2.64. The predicted molar refractivity (Wildman–Crippen MR) is 86.6 cm³/mol. The van der Waals surface area contributed by atoms with Crippen molar-refractivity contribution in [3.63, 3.8) is 0 Å². The molecule has 110 valence electrons. The summed E-state index contributed by atoms with van der Waals surface area (Å²) in [6.07, 6.45) is 0.681. The molecule has 0 radical (unpaired) electrons. The molecular weight excluding hydrogens is 330 g/mol. The van der Waals surface area contributed by atoms with Crippen LogP contribution in [-0.2, 0) is 6.42 Å². The Bertz CT molecular complexity index is 616. The van der Waals surface area contributed by atoms with E-state index in [-0.39, 0.29) is 11.9 Å². The average Bonchev–Trinajstić information content (AvgIpc) is 2.53. The number of carbonyl (C=O) groups is 1. The molecule has 0 fully saturated rings. The first-order chi connectivity index (χ1) is 10.2. The van der Waals surface area contributed by atoms with Gasteiger partial charge in [0.1, 0.15) is 0 Å². The molecule has 5 heteroatoms. The van der Waals surface area contributed by atoms with Crippen molar-refractivity contribution < 1.29 is 4.79 Å². The maximum absolute atomic E-state index is 12.5. The van der Waals surface area contributed by atoms with Gasteiger partial charge in [-0.3, -0.25) is 4.79 Å². The molecule has 1 heterocycles. The molecule has 1 aromatic heterocycles. The Morgan fingerprint density at radius 2 is 2.00 bits per heavy atom. The molecule has 1 amide bonds. The lowest BCUT2D eigenvalue weighted by molar-refractivity contribution is 0.0939. The second-order valence-corrected chi connectivity index (χ2v) is 5.44. The lowest BCUT2D eigenvalue weighted by atomic mass is 10.1. The Hall–Kier alpha value is -1.75. The summed E-state index contributed by atoms with van der Waals surface area (Å²) >= 11 is 3.46. The molecule has 1 aromatic carbocycles. The second-order valence-electron chi connectivity index (χ2n) is 4.79. The Morgan fingerprint density at radius 3 is 2.62 bits per heavy atom.